The lowest BCUT2D eigenvalue weighted by Gasteiger charge is -2.45. The monoisotopic (exact) mass is 391 g/mol. The summed E-state index contributed by atoms with van der Waals surface area (Å²) in [5.41, 5.74) is 0.207. The van der Waals surface area contributed by atoms with Crippen LogP contribution in [0.5, 0.6) is 0 Å². The van der Waals surface area contributed by atoms with E-state index in [1.165, 1.54) is 12.8 Å². The minimum absolute atomic E-state index is 0.0682. The second kappa shape index (κ2) is 9.96. The van der Waals surface area contributed by atoms with Crippen LogP contribution >= 0.6 is 0 Å². The fraction of sp³-hybridized carbons (Fsp3) is 0.792. The van der Waals surface area contributed by atoms with Gasteiger partial charge in [0.2, 0.25) is 5.91 Å². The van der Waals surface area contributed by atoms with Crippen molar-refractivity contribution in [1.29, 1.82) is 0 Å². The third-order valence-corrected chi connectivity index (χ3v) is 6.27. The maximum Gasteiger partial charge on any atom is 0.220 e. The van der Waals surface area contributed by atoms with Crippen molar-refractivity contribution < 1.29 is 13.9 Å². The number of furan rings is 1. The van der Waals surface area contributed by atoms with Gasteiger partial charge in [-0.1, -0.05) is 34.1 Å². The third-order valence-electron chi connectivity index (χ3n) is 6.27. The van der Waals surface area contributed by atoms with Crippen LogP contribution in [0.3, 0.4) is 0 Å². The number of ether oxygens (including phenoxy) is 1. The van der Waals surface area contributed by atoms with Gasteiger partial charge in [-0.3, -0.25) is 4.79 Å². The van der Waals surface area contributed by atoms with Gasteiger partial charge in [0.1, 0.15) is 5.76 Å². The highest BCUT2D eigenvalue weighted by molar-refractivity contribution is 5.76. The lowest BCUT2D eigenvalue weighted by Crippen LogP contribution is -2.43. The number of carbonyl (C=O) groups excluding carboxylic acids is 1. The first-order chi connectivity index (χ1) is 13.1. The molecule has 4 heteroatoms. The number of nitrogens with one attached hydrogen (secondary N) is 1. The molecular weight excluding hydrogens is 350 g/mol. The predicted molar refractivity (Wildman–Crippen MR) is 114 cm³/mol. The third kappa shape index (κ3) is 6.95. The maximum atomic E-state index is 12.6. The Morgan fingerprint density at radius 2 is 1.96 bits per heavy atom. The van der Waals surface area contributed by atoms with E-state index >= 15 is 0 Å². The van der Waals surface area contributed by atoms with E-state index < -0.39 is 0 Å². The van der Waals surface area contributed by atoms with Gasteiger partial charge in [0.15, 0.2) is 0 Å². The highest BCUT2D eigenvalue weighted by Gasteiger charge is 2.40. The van der Waals surface area contributed by atoms with Crippen molar-refractivity contribution in [2.24, 2.45) is 17.3 Å². The smallest absolute Gasteiger partial charge is 0.220 e. The topological polar surface area (TPSA) is 51.5 Å². The van der Waals surface area contributed by atoms with E-state index in [1.54, 1.807) is 6.26 Å². The molecule has 1 aromatic heterocycles. The van der Waals surface area contributed by atoms with Gasteiger partial charge in [-0.15, -0.1) is 0 Å². The first-order valence-electron chi connectivity index (χ1n) is 11.1. The molecule has 0 aromatic carbocycles. The van der Waals surface area contributed by atoms with Crippen LogP contribution in [0, 0.1) is 17.3 Å². The molecule has 1 saturated heterocycles. The summed E-state index contributed by atoms with van der Waals surface area (Å²) in [6, 6.07) is 3.87. The van der Waals surface area contributed by atoms with Crippen molar-refractivity contribution in [3.63, 3.8) is 0 Å². The van der Waals surface area contributed by atoms with Crippen LogP contribution in [0.25, 0.3) is 0 Å². The molecule has 0 bridgehead atoms. The van der Waals surface area contributed by atoms with E-state index in [1.807, 2.05) is 12.1 Å². The molecule has 2 atom stereocenters. The normalized spacial score (nSPS) is 23.1. The Hall–Kier alpha value is -1.29. The van der Waals surface area contributed by atoms with Gasteiger partial charge in [-0.05, 0) is 68.9 Å². The standard InChI is InChI=1S/C24H41NO3/c1-18(2)9-10-24(12-15-28-23(5,6)17-24)11-13-25-22(26)16-20(19(3)4)21-8-7-14-27-21/h7-8,14,18-20H,9-13,15-17H2,1-6H3,(H,25,26)/t20-,24+/m0/s1. The molecule has 4 nitrogen and oxygen atoms in total. The number of rotatable bonds is 10. The fourth-order valence-electron chi connectivity index (χ4n) is 4.64. The van der Waals surface area contributed by atoms with E-state index in [4.69, 9.17) is 9.15 Å². The molecule has 1 aliphatic rings. The predicted octanol–water partition coefficient (Wildman–Crippen LogP) is 5.93. The summed E-state index contributed by atoms with van der Waals surface area (Å²) in [5.74, 6) is 2.24. The van der Waals surface area contributed by atoms with Crippen molar-refractivity contribution in [1.82, 2.24) is 5.32 Å². The number of carbonyl (C=O) groups is 1. The summed E-state index contributed by atoms with van der Waals surface area (Å²) in [7, 11) is 0. The van der Waals surface area contributed by atoms with E-state index in [0.717, 1.165) is 38.2 Å². The molecule has 1 amide bonds. The Morgan fingerprint density at radius 3 is 2.54 bits per heavy atom. The molecule has 0 saturated carbocycles. The van der Waals surface area contributed by atoms with Crippen LogP contribution in [-0.4, -0.2) is 24.7 Å². The van der Waals surface area contributed by atoms with Crippen molar-refractivity contribution in [2.75, 3.05) is 13.2 Å². The van der Waals surface area contributed by atoms with Crippen LogP contribution in [0.15, 0.2) is 22.8 Å². The molecule has 1 aliphatic heterocycles. The average Bonchev–Trinajstić information content (AvgIpc) is 3.11. The first kappa shape index (κ1) is 23.0. The van der Waals surface area contributed by atoms with Crippen LogP contribution in [-0.2, 0) is 9.53 Å². The second-order valence-corrected chi connectivity index (χ2v) is 10.1. The Balaban J connectivity index is 1.91. The SMILES string of the molecule is CC(C)CC[C@@]1(CCNC(=O)C[C@H](c2ccco2)C(C)C)CCOC(C)(C)C1. The van der Waals surface area contributed by atoms with Crippen molar-refractivity contribution in [2.45, 2.75) is 91.6 Å². The molecule has 2 rings (SSSR count). The van der Waals surface area contributed by atoms with Crippen molar-refractivity contribution in [3.05, 3.63) is 24.2 Å². The highest BCUT2D eigenvalue weighted by atomic mass is 16.5. The Labute approximate surface area is 171 Å². The first-order valence-corrected chi connectivity index (χ1v) is 11.1. The summed E-state index contributed by atoms with van der Waals surface area (Å²) < 4.78 is 11.5. The van der Waals surface area contributed by atoms with E-state index in [2.05, 4.69) is 46.9 Å². The summed E-state index contributed by atoms with van der Waals surface area (Å²) in [6.45, 7) is 14.8. The zero-order valence-electron chi connectivity index (χ0n) is 18.8. The van der Waals surface area contributed by atoms with Crippen molar-refractivity contribution in [3.8, 4) is 0 Å². The minimum atomic E-state index is -0.0682. The summed E-state index contributed by atoms with van der Waals surface area (Å²) in [5, 5.41) is 3.20. The largest absolute Gasteiger partial charge is 0.469 e. The molecule has 1 N–H and O–H groups in total. The fourth-order valence-corrected chi connectivity index (χ4v) is 4.64. The molecule has 0 spiro atoms. The highest BCUT2D eigenvalue weighted by Crippen LogP contribution is 2.45. The summed E-state index contributed by atoms with van der Waals surface area (Å²) in [6.07, 6.45) is 7.83. The number of amides is 1. The zero-order chi connectivity index (χ0) is 20.8. The quantitative estimate of drug-likeness (QED) is 0.538. The minimum Gasteiger partial charge on any atom is -0.469 e. The van der Waals surface area contributed by atoms with Crippen LogP contribution in [0.1, 0.15) is 91.7 Å². The van der Waals surface area contributed by atoms with Crippen LogP contribution < -0.4 is 5.32 Å². The molecule has 2 heterocycles. The zero-order valence-corrected chi connectivity index (χ0v) is 18.8. The number of hydrogen-bond donors (Lipinski definition) is 1. The molecular formula is C24H41NO3. The van der Waals surface area contributed by atoms with Gasteiger partial charge in [-0.25, -0.2) is 0 Å². The van der Waals surface area contributed by atoms with Gasteiger partial charge < -0.3 is 14.5 Å². The van der Waals surface area contributed by atoms with Gasteiger partial charge in [0, 0.05) is 25.5 Å². The van der Waals surface area contributed by atoms with Gasteiger partial charge in [0.05, 0.1) is 11.9 Å². The average molecular weight is 392 g/mol. The summed E-state index contributed by atoms with van der Waals surface area (Å²) >= 11 is 0. The lowest BCUT2D eigenvalue weighted by atomic mass is 9.68. The van der Waals surface area contributed by atoms with E-state index in [-0.39, 0.29) is 22.8 Å². The molecule has 1 aromatic rings. The van der Waals surface area contributed by atoms with E-state index in [9.17, 15) is 4.79 Å². The van der Waals surface area contributed by atoms with Gasteiger partial charge in [0.25, 0.3) is 0 Å². The molecule has 28 heavy (non-hydrogen) atoms. The second-order valence-electron chi connectivity index (χ2n) is 10.1. The molecule has 0 aliphatic carbocycles. The molecule has 0 radical (unpaired) electrons. The van der Waals surface area contributed by atoms with E-state index in [0.29, 0.717) is 18.3 Å². The molecule has 160 valence electrons. The van der Waals surface area contributed by atoms with Crippen LogP contribution in [0.4, 0.5) is 0 Å². The Bertz CT molecular complexity index is 591. The maximum absolute atomic E-state index is 12.6. The van der Waals surface area contributed by atoms with Gasteiger partial charge >= 0.3 is 0 Å². The van der Waals surface area contributed by atoms with Crippen LogP contribution in [0.2, 0.25) is 0 Å². The lowest BCUT2D eigenvalue weighted by molar-refractivity contribution is -0.123. The Morgan fingerprint density at radius 1 is 1.21 bits per heavy atom. The summed E-state index contributed by atoms with van der Waals surface area (Å²) in [4.78, 5) is 12.6. The number of hydrogen-bond acceptors (Lipinski definition) is 3. The van der Waals surface area contributed by atoms with Crippen molar-refractivity contribution >= 4 is 5.91 Å². The van der Waals surface area contributed by atoms with Gasteiger partial charge in [-0.2, -0.15) is 0 Å². The Kier molecular flexibility index (Phi) is 8.18. The molecule has 1 fully saturated rings. The molecule has 0 unspecified atom stereocenters.